The minimum Gasteiger partial charge on any atom is -0.354 e. The average molecular weight is 202 g/mol. The highest BCUT2D eigenvalue weighted by atomic mass is 15.3. The first-order valence-electron chi connectivity index (χ1n) is 5.11. The number of hydrogen-bond donors (Lipinski definition) is 1. The Hall–Kier alpha value is -1.84. The smallest absolute Gasteiger partial charge is 0.229 e. The van der Waals surface area contributed by atoms with Gasteiger partial charge < -0.3 is 5.32 Å². The van der Waals surface area contributed by atoms with E-state index in [-0.39, 0.29) is 0 Å². The summed E-state index contributed by atoms with van der Waals surface area (Å²) in [7, 11) is 0. The second-order valence-corrected chi connectivity index (χ2v) is 3.29. The van der Waals surface area contributed by atoms with Gasteiger partial charge in [-0.15, -0.1) is 10.2 Å². The summed E-state index contributed by atoms with van der Waals surface area (Å²) < 4.78 is 1.94. The Labute approximate surface area is 89.0 Å². The third-order valence-electron chi connectivity index (χ3n) is 2.12. The lowest BCUT2D eigenvalue weighted by Gasteiger charge is -2.06. The number of rotatable bonds is 4. The van der Waals surface area contributed by atoms with Crippen molar-refractivity contribution in [2.24, 2.45) is 0 Å². The molecule has 0 fully saturated rings. The number of anilines is 1. The van der Waals surface area contributed by atoms with Crippen molar-refractivity contribution >= 4 is 5.95 Å². The van der Waals surface area contributed by atoms with Gasteiger partial charge in [0.05, 0.1) is 5.69 Å². The molecule has 2 aromatic rings. The maximum atomic E-state index is 4.03. The van der Waals surface area contributed by atoms with Gasteiger partial charge in [-0.25, -0.2) is 0 Å². The molecule has 1 aromatic heterocycles. The van der Waals surface area contributed by atoms with Crippen LogP contribution in [0.15, 0.2) is 36.7 Å². The molecule has 0 saturated carbocycles. The Morgan fingerprint density at radius 2 is 2.07 bits per heavy atom. The molecular formula is C11H14N4. The SMILES string of the molecule is CCCNc1nncn1-c1ccccc1. The molecule has 0 unspecified atom stereocenters. The van der Waals surface area contributed by atoms with Crippen LogP contribution in [0.2, 0.25) is 0 Å². The molecule has 1 N–H and O–H groups in total. The summed E-state index contributed by atoms with van der Waals surface area (Å²) in [5, 5.41) is 11.2. The van der Waals surface area contributed by atoms with Crippen LogP contribution < -0.4 is 5.32 Å². The van der Waals surface area contributed by atoms with Crippen LogP contribution in [-0.2, 0) is 0 Å². The van der Waals surface area contributed by atoms with Gasteiger partial charge in [-0.3, -0.25) is 4.57 Å². The van der Waals surface area contributed by atoms with E-state index in [9.17, 15) is 0 Å². The maximum Gasteiger partial charge on any atom is 0.229 e. The van der Waals surface area contributed by atoms with Crippen molar-refractivity contribution in [2.45, 2.75) is 13.3 Å². The molecular weight excluding hydrogens is 188 g/mol. The lowest BCUT2D eigenvalue weighted by molar-refractivity contribution is 0.934. The van der Waals surface area contributed by atoms with E-state index >= 15 is 0 Å². The predicted molar refractivity (Wildman–Crippen MR) is 60.1 cm³/mol. The zero-order valence-electron chi connectivity index (χ0n) is 8.72. The van der Waals surface area contributed by atoms with E-state index in [1.807, 2.05) is 34.9 Å². The molecule has 0 spiro atoms. The Morgan fingerprint density at radius 3 is 2.80 bits per heavy atom. The highest BCUT2D eigenvalue weighted by Gasteiger charge is 2.03. The lowest BCUT2D eigenvalue weighted by atomic mass is 10.3. The van der Waals surface area contributed by atoms with Gasteiger partial charge in [-0.2, -0.15) is 0 Å². The van der Waals surface area contributed by atoms with E-state index in [2.05, 4.69) is 22.4 Å². The van der Waals surface area contributed by atoms with Crippen molar-refractivity contribution in [3.05, 3.63) is 36.7 Å². The summed E-state index contributed by atoms with van der Waals surface area (Å²) in [5.74, 6) is 0.794. The van der Waals surface area contributed by atoms with Crippen molar-refractivity contribution < 1.29 is 0 Å². The van der Waals surface area contributed by atoms with Crippen LogP contribution in [-0.4, -0.2) is 21.3 Å². The van der Waals surface area contributed by atoms with Crippen LogP contribution in [0.1, 0.15) is 13.3 Å². The summed E-state index contributed by atoms with van der Waals surface area (Å²) in [5.41, 5.74) is 1.07. The highest BCUT2D eigenvalue weighted by molar-refractivity contribution is 5.39. The third-order valence-corrected chi connectivity index (χ3v) is 2.12. The second-order valence-electron chi connectivity index (χ2n) is 3.29. The Bertz CT molecular complexity index is 408. The van der Waals surface area contributed by atoms with Crippen molar-refractivity contribution in [3.8, 4) is 5.69 Å². The fourth-order valence-electron chi connectivity index (χ4n) is 1.37. The van der Waals surface area contributed by atoms with E-state index < -0.39 is 0 Å². The van der Waals surface area contributed by atoms with Gasteiger partial charge in [0.1, 0.15) is 6.33 Å². The normalized spacial score (nSPS) is 10.2. The zero-order valence-corrected chi connectivity index (χ0v) is 8.72. The van der Waals surface area contributed by atoms with Gasteiger partial charge in [0.2, 0.25) is 5.95 Å². The minimum atomic E-state index is 0.794. The quantitative estimate of drug-likeness (QED) is 0.825. The molecule has 4 nitrogen and oxygen atoms in total. The third kappa shape index (κ3) is 2.15. The molecule has 15 heavy (non-hydrogen) atoms. The summed E-state index contributed by atoms with van der Waals surface area (Å²) in [4.78, 5) is 0. The van der Waals surface area contributed by atoms with E-state index in [4.69, 9.17) is 0 Å². The van der Waals surface area contributed by atoms with E-state index in [1.165, 1.54) is 0 Å². The molecule has 1 heterocycles. The van der Waals surface area contributed by atoms with Crippen LogP contribution in [0.25, 0.3) is 5.69 Å². The molecule has 2 rings (SSSR count). The largest absolute Gasteiger partial charge is 0.354 e. The van der Waals surface area contributed by atoms with Crippen molar-refractivity contribution in [1.29, 1.82) is 0 Å². The molecule has 78 valence electrons. The van der Waals surface area contributed by atoms with Crippen LogP contribution >= 0.6 is 0 Å². The van der Waals surface area contributed by atoms with Gasteiger partial charge in [0.15, 0.2) is 0 Å². The van der Waals surface area contributed by atoms with Gasteiger partial charge in [0.25, 0.3) is 0 Å². The van der Waals surface area contributed by atoms with Gasteiger partial charge >= 0.3 is 0 Å². The van der Waals surface area contributed by atoms with Gasteiger partial charge in [0, 0.05) is 6.54 Å². The monoisotopic (exact) mass is 202 g/mol. The molecule has 4 heteroatoms. The van der Waals surface area contributed by atoms with Crippen LogP contribution in [0.5, 0.6) is 0 Å². The Balaban J connectivity index is 2.25. The standard InChI is InChI=1S/C11H14N4/c1-2-8-12-11-14-13-9-15(11)10-6-4-3-5-7-10/h3-7,9H,2,8H2,1H3,(H,12,14). The van der Waals surface area contributed by atoms with E-state index in [0.717, 1.165) is 24.6 Å². The van der Waals surface area contributed by atoms with Crippen LogP contribution in [0.3, 0.4) is 0 Å². The van der Waals surface area contributed by atoms with Gasteiger partial charge in [-0.05, 0) is 18.6 Å². The number of hydrogen-bond acceptors (Lipinski definition) is 3. The van der Waals surface area contributed by atoms with Crippen molar-refractivity contribution in [3.63, 3.8) is 0 Å². The fraction of sp³-hybridized carbons (Fsp3) is 0.273. The lowest BCUT2D eigenvalue weighted by Crippen LogP contribution is -2.06. The number of nitrogens with one attached hydrogen (secondary N) is 1. The molecule has 0 bridgehead atoms. The second kappa shape index (κ2) is 4.59. The van der Waals surface area contributed by atoms with Crippen molar-refractivity contribution in [2.75, 3.05) is 11.9 Å². The first-order valence-corrected chi connectivity index (χ1v) is 5.11. The van der Waals surface area contributed by atoms with Crippen LogP contribution in [0.4, 0.5) is 5.95 Å². The van der Waals surface area contributed by atoms with Crippen molar-refractivity contribution in [1.82, 2.24) is 14.8 Å². The molecule has 0 radical (unpaired) electrons. The van der Waals surface area contributed by atoms with E-state index in [1.54, 1.807) is 6.33 Å². The minimum absolute atomic E-state index is 0.794. The average Bonchev–Trinajstić information content (AvgIpc) is 2.75. The van der Waals surface area contributed by atoms with Gasteiger partial charge in [-0.1, -0.05) is 25.1 Å². The van der Waals surface area contributed by atoms with E-state index in [0.29, 0.717) is 0 Å². The predicted octanol–water partition coefficient (Wildman–Crippen LogP) is 2.09. The molecule has 0 amide bonds. The Kier molecular flexibility index (Phi) is 2.97. The molecule has 0 aliphatic rings. The molecule has 0 aliphatic heterocycles. The first-order chi connectivity index (χ1) is 7.42. The topological polar surface area (TPSA) is 42.7 Å². The number of nitrogens with zero attached hydrogens (tertiary/aromatic N) is 3. The molecule has 0 saturated heterocycles. The number of aromatic nitrogens is 3. The summed E-state index contributed by atoms with van der Waals surface area (Å²) >= 11 is 0. The fourth-order valence-corrected chi connectivity index (χ4v) is 1.37. The Morgan fingerprint density at radius 1 is 1.27 bits per heavy atom. The first kappa shape index (κ1) is 9.71. The summed E-state index contributed by atoms with van der Waals surface area (Å²) in [6, 6.07) is 10.0. The highest BCUT2D eigenvalue weighted by Crippen LogP contribution is 2.11. The number of para-hydroxylation sites is 1. The zero-order chi connectivity index (χ0) is 10.5. The molecule has 1 aromatic carbocycles. The maximum absolute atomic E-state index is 4.03. The molecule has 0 aliphatic carbocycles. The number of benzene rings is 1. The summed E-state index contributed by atoms with van der Waals surface area (Å²) in [6.07, 6.45) is 2.79. The summed E-state index contributed by atoms with van der Waals surface area (Å²) in [6.45, 7) is 3.03. The molecule has 0 atom stereocenters. The van der Waals surface area contributed by atoms with Crippen LogP contribution in [0, 0.1) is 0 Å².